The topological polar surface area (TPSA) is 94.7 Å². The number of nitrogens with one attached hydrogen (secondary N) is 3. The fourth-order valence-electron chi connectivity index (χ4n) is 2.97. The van der Waals surface area contributed by atoms with Crippen molar-refractivity contribution in [2.24, 2.45) is 5.92 Å². The van der Waals surface area contributed by atoms with E-state index in [0.717, 1.165) is 22.7 Å². The molecule has 0 aromatic carbocycles. The predicted octanol–water partition coefficient (Wildman–Crippen LogP) is 6.30. The zero-order chi connectivity index (χ0) is 23.4. The van der Waals surface area contributed by atoms with Crippen molar-refractivity contribution in [3.63, 3.8) is 0 Å². The molecule has 0 atom stereocenters. The molecule has 6 heteroatoms. The lowest BCUT2D eigenvalue weighted by atomic mass is 10.1. The van der Waals surface area contributed by atoms with Gasteiger partial charge in [-0.3, -0.25) is 0 Å². The molecule has 0 radical (unpaired) electrons. The Bertz CT molecular complexity index is 889. The van der Waals surface area contributed by atoms with E-state index >= 15 is 0 Å². The maximum atomic E-state index is 8.02. The minimum atomic E-state index is 0.357. The highest BCUT2D eigenvalue weighted by molar-refractivity contribution is 5.99. The molecule has 0 fully saturated rings. The first kappa shape index (κ1) is 26.0. The number of pyridine rings is 2. The van der Waals surface area contributed by atoms with Gasteiger partial charge in [0.2, 0.25) is 5.88 Å². The third kappa shape index (κ3) is 8.32. The van der Waals surface area contributed by atoms with Crippen molar-refractivity contribution in [2.75, 3.05) is 18.5 Å². The maximum absolute atomic E-state index is 8.02. The summed E-state index contributed by atoms with van der Waals surface area (Å²) in [6, 6.07) is 5.63. The lowest BCUT2D eigenvalue weighted by molar-refractivity contribution is 0.328. The Hall–Kier alpha value is -3.02. The van der Waals surface area contributed by atoms with Crippen molar-refractivity contribution in [1.29, 1.82) is 10.8 Å². The summed E-state index contributed by atoms with van der Waals surface area (Å²) in [5, 5.41) is 19.0. The van der Waals surface area contributed by atoms with Gasteiger partial charge in [-0.15, -0.1) is 0 Å². The molecule has 0 saturated heterocycles. The van der Waals surface area contributed by atoms with Gasteiger partial charge in [-0.25, -0.2) is 9.97 Å². The highest BCUT2D eigenvalue weighted by Crippen LogP contribution is 2.31. The van der Waals surface area contributed by atoms with Gasteiger partial charge in [-0.2, -0.15) is 0 Å². The van der Waals surface area contributed by atoms with Crippen LogP contribution in [0, 0.1) is 23.7 Å². The molecule has 0 aliphatic heterocycles. The SMILES string of the molecule is C=CC(=N)CNc1cc(-c2cccnc2OCC)nc(C(C)=N)c1C.CCCC(C)C. The molecule has 2 aromatic heterocycles. The number of hydrogen-bond acceptors (Lipinski definition) is 6. The largest absolute Gasteiger partial charge is 0.477 e. The van der Waals surface area contributed by atoms with Crippen LogP contribution in [0.4, 0.5) is 5.69 Å². The summed E-state index contributed by atoms with van der Waals surface area (Å²) in [4.78, 5) is 8.91. The Balaban J connectivity index is 0.000000703. The lowest BCUT2D eigenvalue weighted by Gasteiger charge is -2.16. The Labute approximate surface area is 187 Å². The normalized spacial score (nSPS) is 10.2. The van der Waals surface area contributed by atoms with E-state index in [4.69, 9.17) is 15.6 Å². The molecule has 168 valence electrons. The van der Waals surface area contributed by atoms with Crippen molar-refractivity contribution in [3.8, 4) is 17.1 Å². The third-order valence-electron chi connectivity index (χ3n) is 4.54. The maximum Gasteiger partial charge on any atom is 0.222 e. The number of hydrogen-bond donors (Lipinski definition) is 3. The van der Waals surface area contributed by atoms with E-state index in [1.165, 1.54) is 18.9 Å². The van der Waals surface area contributed by atoms with Crippen LogP contribution in [-0.4, -0.2) is 34.5 Å². The average Bonchev–Trinajstić information content (AvgIpc) is 2.73. The summed E-state index contributed by atoms with van der Waals surface area (Å²) in [6.07, 6.45) is 5.88. The highest BCUT2D eigenvalue weighted by Gasteiger charge is 2.15. The quantitative estimate of drug-likeness (QED) is 0.391. The highest BCUT2D eigenvalue weighted by atomic mass is 16.5. The van der Waals surface area contributed by atoms with Crippen LogP contribution in [0.5, 0.6) is 5.88 Å². The van der Waals surface area contributed by atoms with Crippen LogP contribution in [0.1, 0.15) is 58.7 Å². The molecule has 0 bridgehead atoms. The summed E-state index contributed by atoms with van der Waals surface area (Å²) in [5.74, 6) is 1.41. The molecule has 2 aromatic rings. The molecule has 31 heavy (non-hydrogen) atoms. The Morgan fingerprint density at radius 2 is 2.00 bits per heavy atom. The fraction of sp³-hybridized carbons (Fsp3) is 0.440. The molecule has 0 amide bonds. The molecule has 0 saturated carbocycles. The summed E-state index contributed by atoms with van der Waals surface area (Å²) < 4.78 is 5.60. The minimum Gasteiger partial charge on any atom is -0.477 e. The average molecular weight is 424 g/mol. The third-order valence-corrected chi connectivity index (χ3v) is 4.54. The van der Waals surface area contributed by atoms with E-state index in [1.54, 1.807) is 13.1 Å². The summed E-state index contributed by atoms with van der Waals surface area (Å²) in [7, 11) is 0. The lowest BCUT2D eigenvalue weighted by Crippen LogP contribution is -2.13. The number of rotatable bonds is 10. The van der Waals surface area contributed by atoms with Gasteiger partial charge in [0.15, 0.2) is 0 Å². The van der Waals surface area contributed by atoms with Crippen molar-refractivity contribution in [2.45, 2.75) is 54.4 Å². The molecule has 0 unspecified atom stereocenters. The molecule has 3 N–H and O–H groups in total. The fourth-order valence-corrected chi connectivity index (χ4v) is 2.97. The summed E-state index contributed by atoms with van der Waals surface area (Å²) in [6.45, 7) is 16.7. The monoisotopic (exact) mass is 423 g/mol. The van der Waals surface area contributed by atoms with Crippen LogP contribution < -0.4 is 10.1 Å². The minimum absolute atomic E-state index is 0.357. The van der Waals surface area contributed by atoms with Crippen LogP contribution in [0.25, 0.3) is 11.3 Å². The number of ether oxygens (including phenoxy) is 1. The van der Waals surface area contributed by atoms with Crippen molar-refractivity contribution < 1.29 is 4.74 Å². The van der Waals surface area contributed by atoms with E-state index in [2.05, 4.69) is 42.6 Å². The Morgan fingerprint density at radius 1 is 1.29 bits per heavy atom. The van der Waals surface area contributed by atoms with E-state index in [0.29, 0.717) is 41.8 Å². The van der Waals surface area contributed by atoms with Crippen LogP contribution in [0.3, 0.4) is 0 Å². The summed E-state index contributed by atoms with van der Waals surface area (Å²) >= 11 is 0. The van der Waals surface area contributed by atoms with E-state index < -0.39 is 0 Å². The molecule has 2 rings (SSSR count). The van der Waals surface area contributed by atoms with Crippen molar-refractivity contribution >= 4 is 17.1 Å². The van der Waals surface area contributed by atoms with Crippen LogP contribution >= 0.6 is 0 Å². The zero-order valence-electron chi connectivity index (χ0n) is 19.8. The molecule has 6 nitrogen and oxygen atoms in total. The second-order valence-corrected chi connectivity index (χ2v) is 7.71. The Kier molecular flexibility index (Phi) is 11.2. The van der Waals surface area contributed by atoms with Gasteiger partial charge in [-0.1, -0.05) is 40.2 Å². The molecule has 2 heterocycles. The molecule has 0 aliphatic rings. The number of aromatic nitrogens is 2. The second kappa shape index (κ2) is 13.3. The first-order valence-electron chi connectivity index (χ1n) is 10.8. The van der Waals surface area contributed by atoms with Crippen LogP contribution in [0.15, 0.2) is 37.1 Å². The standard InChI is InChI=1S/C19H23N5O.C6H14/c1-5-14(21)11-23-16-10-17(24-18(12(16)3)13(4)20)15-8-7-9-22-19(15)25-6-2;1-4-5-6(2)3/h5,7-10,20-21H,1,6,11H2,2-4H3,(H,23,24);6H,4-5H2,1-3H3. The first-order chi connectivity index (χ1) is 14.7. The zero-order valence-corrected chi connectivity index (χ0v) is 19.8. The van der Waals surface area contributed by atoms with E-state index in [9.17, 15) is 0 Å². The van der Waals surface area contributed by atoms with E-state index in [-0.39, 0.29) is 0 Å². The molecule has 0 spiro atoms. The van der Waals surface area contributed by atoms with E-state index in [1.807, 2.05) is 32.0 Å². The van der Waals surface area contributed by atoms with Gasteiger partial charge in [0.1, 0.15) is 0 Å². The van der Waals surface area contributed by atoms with Crippen molar-refractivity contribution in [3.05, 3.63) is 48.3 Å². The van der Waals surface area contributed by atoms with Crippen LogP contribution in [-0.2, 0) is 0 Å². The Morgan fingerprint density at radius 3 is 2.52 bits per heavy atom. The first-order valence-corrected chi connectivity index (χ1v) is 10.8. The smallest absolute Gasteiger partial charge is 0.222 e. The summed E-state index contributed by atoms with van der Waals surface area (Å²) in [5.41, 5.74) is 4.52. The second-order valence-electron chi connectivity index (χ2n) is 7.71. The van der Waals surface area contributed by atoms with Gasteiger partial charge in [-0.05, 0) is 56.5 Å². The van der Waals surface area contributed by atoms with Crippen molar-refractivity contribution in [1.82, 2.24) is 9.97 Å². The van der Waals surface area contributed by atoms with Gasteiger partial charge < -0.3 is 20.9 Å². The van der Waals surface area contributed by atoms with Gasteiger partial charge in [0.25, 0.3) is 0 Å². The molecular weight excluding hydrogens is 386 g/mol. The molecular formula is C25H37N5O. The van der Waals surface area contributed by atoms with Gasteiger partial charge in [0, 0.05) is 17.6 Å². The number of nitrogens with zero attached hydrogens (tertiary/aromatic N) is 2. The predicted molar refractivity (Wildman–Crippen MR) is 132 cm³/mol. The number of anilines is 1. The van der Waals surface area contributed by atoms with Crippen LogP contribution in [0.2, 0.25) is 0 Å². The van der Waals surface area contributed by atoms with Gasteiger partial charge in [0.05, 0.1) is 35.8 Å². The van der Waals surface area contributed by atoms with Gasteiger partial charge >= 0.3 is 0 Å². The molecule has 0 aliphatic carbocycles.